The molecule has 162 valence electrons. The number of halogens is 2. The summed E-state index contributed by atoms with van der Waals surface area (Å²) in [6.45, 7) is 4.51. The van der Waals surface area contributed by atoms with Crippen LogP contribution in [0.15, 0.2) is 24.5 Å². The van der Waals surface area contributed by atoms with Gasteiger partial charge in [-0.3, -0.25) is 4.79 Å². The number of fused-ring (bicyclic) bond motifs is 1. The lowest BCUT2D eigenvalue weighted by Crippen LogP contribution is -2.39. The number of nitrogens with zero attached hydrogens (tertiary/aromatic N) is 6. The van der Waals surface area contributed by atoms with Gasteiger partial charge in [-0.15, -0.1) is 0 Å². The Morgan fingerprint density at radius 2 is 1.87 bits per heavy atom. The van der Waals surface area contributed by atoms with Crippen molar-refractivity contribution in [3.05, 3.63) is 53.1 Å². The van der Waals surface area contributed by atoms with E-state index in [9.17, 15) is 13.6 Å². The van der Waals surface area contributed by atoms with Crippen molar-refractivity contribution in [2.45, 2.75) is 45.1 Å². The monoisotopic (exact) mass is 426 g/mol. The van der Waals surface area contributed by atoms with E-state index in [1.807, 2.05) is 19.2 Å². The van der Waals surface area contributed by atoms with E-state index in [-0.39, 0.29) is 11.7 Å². The van der Waals surface area contributed by atoms with Crippen molar-refractivity contribution >= 4 is 17.4 Å². The van der Waals surface area contributed by atoms with Crippen LogP contribution in [0.25, 0.3) is 5.65 Å². The number of aromatic nitrogens is 4. The van der Waals surface area contributed by atoms with E-state index in [0.717, 1.165) is 61.3 Å². The topological polar surface area (TPSA) is 66.6 Å². The summed E-state index contributed by atoms with van der Waals surface area (Å²) < 4.78 is 29.2. The van der Waals surface area contributed by atoms with Crippen LogP contribution in [0.4, 0.5) is 14.6 Å². The third kappa shape index (κ3) is 3.62. The van der Waals surface area contributed by atoms with Crippen LogP contribution >= 0.6 is 0 Å². The summed E-state index contributed by atoms with van der Waals surface area (Å²) in [6, 6.07) is 2.30. The lowest BCUT2D eigenvalue weighted by Gasteiger charge is -2.34. The van der Waals surface area contributed by atoms with Crippen LogP contribution in [0.2, 0.25) is 0 Å². The fourth-order valence-corrected chi connectivity index (χ4v) is 4.62. The molecule has 7 nitrogen and oxygen atoms in total. The van der Waals surface area contributed by atoms with Crippen molar-refractivity contribution < 1.29 is 13.6 Å². The summed E-state index contributed by atoms with van der Waals surface area (Å²) in [6.07, 6.45) is 7.65. The SMILES string of the molecule is Cc1cn2nc(C3CCCCN3C(=O)c3ncc(F)cc3F)cc2nc1N1CCCC1. The predicted octanol–water partition coefficient (Wildman–Crippen LogP) is 3.68. The van der Waals surface area contributed by atoms with Crippen molar-refractivity contribution in [3.8, 4) is 0 Å². The molecule has 1 unspecified atom stereocenters. The molecule has 0 radical (unpaired) electrons. The van der Waals surface area contributed by atoms with Gasteiger partial charge < -0.3 is 9.80 Å². The van der Waals surface area contributed by atoms with E-state index in [4.69, 9.17) is 10.1 Å². The first-order valence-electron chi connectivity index (χ1n) is 10.7. The molecular formula is C22H24F2N6O. The molecule has 2 fully saturated rings. The Kier molecular flexibility index (Phi) is 5.03. The number of aryl methyl sites for hydroxylation is 1. The minimum absolute atomic E-state index is 0.301. The molecule has 0 aliphatic carbocycles. The van der Waals surface area contributed by atoms with Crippen molar-refractivity contribution in [1.82, 2.24) is 24.5 Å². The average molecular weight is 426 g/mol. The molecule has 31 heavy (non-hydrogen) atoms. The number of likely N-dealkylation sites (tertiary alicyclic amines) is 1. The predicted molar refractivity (Wildman–Crippen MR) is 111 cm³/mol. The summed E-state index contributed by atoms with van der Waals surface area (Å²) in [7, 11) is 0. The number of hydrogen-bond acceptors (Lipinski definition) is 5. The van der Waals surface area contributed by atoms with E-state index in [1.54, 1.807) is 9.42 Å². The van der Waals surface area contributed by atoms with E-state index in [2.05, 4.69) is 9.88 Å². The van der Waals surface area contributed by atoms with Crippen LogP contribution in [0.3, 0.4) is 0 Å². The molecule has 2 saturated heterocycles. The molecular weight excluding hydrogens is 402 g/mol. The fraction of sp³-hybridized carbons (Fsp3) is 0.455. The maximum absolute atomic E-state index is 14.2. The van der Waals surface area contributed by atoms with Gasteiger partial charge in [0.15, 0.2) is 17.2 Å². The largest absolute Gasteiger partial charge is 0.356 e. The minimum Gasteiger partial charge on any atom is -0.356 e. The molecule has 1 atom stereocenters. The van der Waals surface area contributed by atoms with Crippen LogP contribution in [0, 0.1) is 18.6 Å². The zero-order valence-corrected chi connectivity index (χ0v) is 17.4. The molecule has 5 rings (SSSR count). The molecule has 3 aromatic rings. The summed E-state index contributed by atoms with van der Waals surface area (Å²) in [4.78, 5) is 25.5. The van der Waals surface area contributed by atoms with Gasteiger partial charge in [-0.2, -0.15) is 5.10 Å². The number of carbonyl (C=O) groups is 1. The van der Waals surface area contributed by atoms with Crippen LogP contribution in [0.5, 0.6) is 0 Å². The maximum Gasteiger partial charge on any atom is 0.276 e. The molecule has 9 heteroatoms. The molecule has 0 saturated carbocycles. The smallest absolute Gasteiger partial charge is 0.276 e. The second-order valence-corrected chi connectivity index (χ2v) is 8.31. The van der Waals surface area contributed by atoms with Gasteiger partial charge in [0, 0.05) is 43.5 Å². The van der Waals surface area contributed by atoms with Crippen LogP contribution in [-0.4, -0.2) is 50.0 Å². The molecule has 0 spiro atoms. The highest BCUT2D eigenvalue weighted by molar-refractivity contribution is 5.93. The molecule has 2 aliphatic rings. The van der Waals surface area contributed by atoms with Crippen LogP contribution in [0.1, 0.15) is 59.9 Å². The summed E-state index contributed by atoms with van der Waals surface area (Å²) >= 11 is 0. The lowest BCUT2D eigenvalue weighted by atomic mass is 9.99. The highest BCUT2D eigenvalue weighted by atomic mass is 19.1. The summed E-state index contributed by atoms with van der Waals surface area (Å²) in [5.74, 6) is -1.32. The van der Waals surface area contributed by atoms with E-state index < -0.39 is 17.5 Å². The Morgan fingerprint density at radius 3 is 2.65 bits per heavy atom. The van der Waals surface area contributed by atoms with Gasteiger partial charge in [0.05, 0.1) is 17.9 Å². The number of amides is 1. The Labute approximate surface area is 178 Å². The first-order chi connectivity index (χ1) is 15.0. The fourth-order valence-electron chi connectivity index (χ4n) is 4.62. The van der Waals surface area contributed by atoms with E-state index in [0.29, 0.717) is 12.6 Å². The molecule has 0 aromatic carbocycles. The van der Waals surface area contributed by atoms with Crippen LogP contribution in [-0.2, 0) is 0 Å². The highest BCUT2D eigenvalue weighted by Gasteiger charge is 2.33. The lowest BCUT2D eigenvalue weighted by molar-refractivity contribution is 0.0594. The van der Waals surface area contributed by atoms with E-state index >= 15 is 0 Å². The van der Waals surface area contributed by atoms with Gasteiger partial charge in [0.25, 0.3) is 5.91 Å². The average Bonchev–Trinajstić information content (AvgIpc) is 3.42. The summed E-state index contributed by atoms with van der Waals surface area (Å²) in [5.41, 5.74) is 2.15. The Morgan fingerprint density at radius 1 is 1.10 bits per heavy atom. The molecule has 0 bridgehead atoms. The molecule has 0 N–H and O–H groups in total. The van der Waals surface area contributed by atoms with Crippen molar-refractivity contribution in [3.63, 3.8) is 0 Å². The third-order valence-electron chi connectivity index (χ3n) is 6.15. The zero-order valence-electron chi connectivity index (χ0n) is 17.4. The minimum atomic E-state index is -0.947. The van der Waals surface area contributed by atoms with Crippen LogP contribution < -0.4 is 4.90 Å². The number of rotatable bonds is 3. The van der Waals surface area contributed by atoms with Gasteiger partial charge in [-0.05, 0) is 39.0 Å². The number of carbonyl (C=O) groups excluding carboxylic acids is 1. The molecule has 5 heterocycles. The van der Waals surface area contributed by atoms with Gasteiger partial charge in [-0.25, -0.2) is 23.3 Å². The number of hydrogen-bond donors (Lipinski definition) is 0. The quantitative estimate of drug-likeness (QED) is 0.639. The highest BCUT2D eigenvalue weighted by Crippen LogP contribution is 2.32. The molecule has 1 amide bonds. The summed E-state index contributed by atoms with van der Waals surface area (Å²) in [5, 5.41) is 4.70. The Balaban J connectivity index is 1.49. The maximum atomic E-state index is 14.2. The third-order valence-corrected chi connectivity index (χ3v) is 6.15. The molecule has 3 aromatic heterocycles. The standard InChI is InChI=1S/C22H24F2N6O/c1-14-13-30-19(26-21(14)28-7-4-5-8-28)11-17(27-30)18-6-2-3-9-29(18)22(31)20-16(24)10-15(23)12-25-20/h10-13,18H,2-9H2,1H3. The van der Waals surface area contributed by atoms with Crippen molar-refractivity contribution in [1.29, 1.82) is 0 Å². The molecule has 2 aliphatic heterocycles. The normalized spacial score (nSPS) is 19.4. The number of anilines is 1. The second kappa shape index (κ2) is 7.86. The Bertz CT molecular complexity index is 1140. The van der Waals surface area contributed by atoms with Gasteiger partial charge >= 0.3 is 0 Å². The Hall–Kier alpha value is -3.10. The number of piperidine rings is 1. The van der Waals surface area contributed by atoms with Gasteiger partial charge in [-0.1, -0.05) is 0 Å². The van der Waals surface area contributed by atoms with Crippen molar-refractivity contribution in [2.75, 3.05) is 24.5 Å². The van der Waals surface area contributed by atoms with E-state index in [1.165, 1.54) is 12.8 Å². The first kappa shape index (κ1) is 19.8. The van der Waals surface area contributed by atoms with Gasteiger partial charge in [0.2, 0.25) is 0 Å². The zero-order chi connectivity index (χ0) is 21.5. The number of pyridine rings is 1. The first-order valence-corrected chi connectivity index (χ1v) is 10.7. The second-order valence-electron chi connectivity index (χ2n) is 8.31. The van der Waals surface area contributed by atoms with Crippen molar-refractivity contribution in [2.24, 2.45) is 0 Å². The van der Waals surface area contributed by atoms with Gasteiger partial charge in [0.1, 0.15) is 11.6 Å².